The highest BCUT2D eigenvalue weighted by molar-refractivity contribution is 6.19. The number of H-pyrrole nitrogens is 1. The van der Waals surface area contributed by atoms with Gasteiger partial charge in [-0.25, -0.2) is 13.8 Å². The molecule has 2 aliphatic carbocycles. The lowest BCUT2D eigenvalue weighted by atomic mass is 10.0. The quantitative estimate of drug-likeness (QED) is 0.310. The van der Waals surface area contributed by atoms with E-state index in [0.717, 1.165) is 46.3 Å². The summed E-state index contributed by atoms with van der Waals surface area (Å²) in [7, 11) is 4.80. The van der Waals surface area contributed by atoms with Crippen LogP contribution < -0.4 is 0 Å². The molecule has 5 nitrogen and oxygen atoms in total. The van der Waals surface area contributed by atoms with Crippen LogP contribution in [-0.2, 0) is 20.6 Å². The zero-order chi connectivity index (χ0) is 30.9. The number of rotatable bonds is 8. The lowest BCUT2D eigenvalue weighted by molar-refractivity contribution is 0.195. The molecule has 0 amide bonds. The number of methoxy groups -OCH3 is 2. The first-order chi connectivity index (χ1) is 20.1. The first kappa shape index (κ1) is 38.0. The molecule has 2 heterocycles. The summed E-state index contributed by atoms with van der Waals surface area (Å²) < 4.78 is 40.2. The molecule has 2 aromatic rings. The van der Waals surface area contributed by atoms with E-state index in [1.807, 2.05) is 64.3 Å². The Bertz CT molecular complexity index is 1160. The average molecular weight is 593 g/mol. The molecule has 4 rings (SSSR count). The minimum absolute atomic E-state index is 0.0897. The van der Waals surface area contributed by atoms with Gasteiger partial charge in [0.15, 0.2) is 0 Å². The summed E-state index contributed by atoms with van der Waals surface area (Å²) in [5.41, 5.74) is 4.69. The van der Waals surface area contributed by atoms with Crippen LogP contribution in [-0.4, -0.2) is 57.1 Å². The number of fused-ring (bicyclic) bond motifs is 1. The molecule has 0 atom stereocenters. The molecule has 0 unspecified atom stereocenters. The monoisotopic (exact) mass is 592 g/mol. The van der Waals surface area contributed by atoms with E-state index in [9.17, 15) is 8.78 Å². The van der Waals surface area contributed by atoms with Crippen LogP contribution in [0.25, 0.3) is 11.0 Å². The van der Waals surface area contributed by atoms with Gasteiger partial charge < -0.3 is 19.2 Å². The van der Waals surface area contributed by atoms with Gasteiger partial charge in [-0.3, -0.25) is 0 Å². The minimum atomic E-state index is -0.481. The standard InChI is InChI=1S/C17H17FN2O.C10H12ClFO.C2H6O.2C2H6/c18-8-10-21-16-7-3-1-2-5-13(16)11-14-12-20-17-15(14)6-4-9-19-17;1-13-7-9-4-2-8(6-11)3-5-10(9)12;1-3-2;2*1-2/h2-7,9,12H,1,8,10-11H2,(H,19,20);2,4-5H,3,6-7H2,1H3;1-2H3;2*1-2H3. The number of pyridine rings is 1. The third-order valence-corrected chi connectivity index (χ3v) is 5.61. The predicted molar refractivity (Wildman–Crippen MR) is 170 cm³/mol. The lowest BCUT2D eigenvalue weighted by Crippen LogP contribution is -1.99. The van der Waals surface area contributed by atoms with Crippen LogP contribution in [0.15, 0.2) is 95.4 Å². The van der Waals surface area contributed by atoms with Crippen molar-refractivity contribution < 1.29 is 23.0 Å². The second-order valence-corrected chi connectivity index (χ2v) is 8.37. The van der Waals surface area contributed by atoms with Crippen molar-refractivity contribution in [2.24, 2.45) is 0 Å². The van der Waals surface area contributed by atoms with Crippen molar-refractivity contribution in [1.29, 1.82) is 0 Å². The summed E-state index contributed by atoms with van der Waals surface area (Å²) in [6.45, 7) is 7.91. The Morgan fingerprint density at radius 1 is 1.05 bits per heavy atom. The molecule has 0 aliphatic heterocycles. The zero-order valence-corrected chi connectivity index (χ0v) is 26.4. The van der Waals surface area contributed by atoms with Crippen LogP contribution in [0.4, 0.5) is 8.78 Å². The first-order valence-corrected chi connectivity index (χ1v) is 14.5. The first-order valence-electron chi connectivity index (χ1n) is 13.9. The average Bonchev–Trinajstić information content (AvgIpc) is 3.16. The van der Waals surface area contributed by atoms with Crippen molar-refractivity contribution in [1.82, 2.24) is 9.97 Å². The van der Waals surface area contributed by atoms with Gasteiger partial charge in [0.1, 0.15) is 30.5 Å². The van der Waals surface area contributed by atoms with Crippen molar-refractivity contribution in [3.8, 4) is 0 Å². The van der Waals surface area contributed by atoms with Crippen molar-refractivity contribution in [2.45, 2.75) is 47.0 Å². The summed E-state index contributed by atoms with van der Waals surface area (Å²) in [6.07, 6.45) is 19.1. The van der Waals surface area contributed by atoms with E-state index in [2.05, 4.69) is 26.9 Å². The maximum Gasteiger partial charge on any atom is 0.137 e. The fourth-order valence-electron chi connectivity index (χ4n) is 3.54. The summed E-state index contributed by atoms with van der Waals surface area (Å²) in [4.78, 5) is 7.47. The molecule has 8 heteroatoms. The number of ether oxygens (including phenoxy) is 3. The van der Waals surface area contributed by atoms with Gasteiger partial charge in [-0.15, -0.1) is 11.6 Å². The van der Waals surface area contributed by atoms with Crippen LogP contribution in [0.3, 0.4) is 0 Å². The summed E-state index contributed by atoms with van der Waals surface area (Å²) in [6, 6.07) is 3.98. The molecule has 0 saturated heterocycles. The molecular weight excluding hydrogens is 546 g/mol. The highest BCUT2D eigenvalue weighted by Gasteiger charge is 2.11. The minimum Gasteiger partial charge on any atom is -0.491 e. The largest absolute Gasteiger partial charge is 0.491 e. The van der Waals surface area contributed by atoms with Gasteiger partial charge >= 0.3 is 0 Å². The molecule has 1 N–H and O–H groups in total. The van der Waals surface area contributed by atoms with Crippen LogP contribution in [0, 0.1) is 0 Å². The molecule has 0 radical (unpaired) electrons. The van der Waals surface area contributed by atoms with Gasteiger partial charge in [0.2, 0.25) is 0 Å². The SMILES string of the molecule is CC.CC.COC.COCC1=CC=C(CCl)CC=C1F.FCCOC1=C(Cc2c[nH]c3ncccc23)C=CCC=C1. The van der Waals surface area contributed by atoms with Gasteiger partial charge in [0.25, 0.3) is 0 Å². The van der Waals surface area contributed by atoms with Crippen LogP contribution in [0.5, 0.6) is 0 Å². The predicted octanol–water partition coefficient (Wildman–Crippen LogP) is 9.16. The molecule has 2 aromatic heterocycles. The van der Waals surface area contributed by atoms with Crippen molar-refractivity contribution in [2.75, 3.05) is 47.1 Å². The number of alkyl halides is 2. The molecular formula is C33H47ClF2N2O3. The number of hydrogen-bond acceptors (Lipinski definition) is 4. The fraction of sp³-hybridized carbons (Fsp3) is 0.424. The van der Waals surface area contributed by atoms with Gasteiger partial charge in [0, 0.05) is 57.0 Å². The number of nitrogens with one attached hydrogen (secondary N) is 1. The number of hydrogen-bond donors (Lipinski definition) is 1. The molecule has 0 saturated carbocycles. The smallest absolute Gasteiger partial charge is 0.137 e. The molecule has 0 spiro atoms. The zero-order valence-electron chi connectivity index (χ0n) is 25.6. The van der Waals surface area contributed by atoms with Crippen molar-refractivity contribution in [3.05, 3.63) is 101 Å². The van der Waals surface area contributed by atoms with E-state index in [1.165, 1.54) is 6.08 Å². The highest BCUT2D eigenvalue weighted by Crippen LogP contribution is 2.24. The Hall–Kier alpha value is -3.00. The van der Waals surface area contributed by atoms with Crippen LogP contribution >= 0.6 is 11.6 Å². The third kappa shape index (κ3) is 14.5. The van der Waals surface area contributed by atoms with Gasteiger partial charge in [-0.1, -0.05) is 63.6 Å². The maximum atomic E-state index is 13.2. The van der Waals surface area contributed by atoms with E-state index < -0.39 is 6.67 Å². The summed E-state index contributed by atoms with van der Waals surface area (Å²) in [5.74, 6) is 0.985. The lowest BCUT2D eigenvalue weighted by Gasteiger charge is -2.09. The number of aromatic amines is 1. The summed E-state index contributed by atoms with van der Waals surface area (Å²) in [5, 5.41) is 1.11. The number of aromatic nitrogens is 2. The Morgan fingerprint density at radius 2 is 1.76 bits per heavy atom. The van der Waals surface area contributed by atoms with Crippen molar-refractivity contribution >= 4 is 22.6 Å². The Labute approximate surface area is 250 Å². The van der Waals surface area contributed by atoms with E-state index in [4.69, 9.17) is 21.1 Å². The summed E-state index contributed by atoms with van der Waals surface area (Å²) >= 11 is 5.64. The van der Waals surface area contributed by atoms with E-state index in [1.54, 1.807) is 33.6 Å². The number of allylic oxidation sites excluding steroid dienone is 9. The second kappa shape index (κ2) is 24.8. The van der Waals surface area contributed by atoms with Gasteiger partial charge in [0.05, 0.1) is 6.61 Å². The van der Waals surface area contributed by atoms with E-state index >= 15 is 0 Å². The molecule has 228 valence electrons. The third-order valence-electron chi connectivity index (χ3n) is 5.27. The topological polar surface area (TPSA) is 56.4 Å². The van der Waals surface area contributed by atoms with Crippen molar-refractivity contribution in [3.63, 3.8) is 0 Å². The van der Waals surface area contributed by atoms with Gasteiger partial charge in [-0.2, -0.15) is 0 Å². The molecule has 0 bridgehead atoms. The van der Waals surface area contributed by atoms with E-state index in [-0.39, 0.29) is 12.4 Å². The fourth-order valence-corrected chi connectivity index (χ4v) is 3.74. The number of nitrogens with zero attached hydrogens (tertiary/aromatic N) is 1. The molecule has 0 fully saturated rings. The molecule has 0 aromatic carbocycles. The Kier molecular flexibility index (Phi) is 23.0. The maximum absolute atomic E-state index is 13.2. The van der Waals surface area contributed by atoms with Crippen LogP contribution in [0.1, 0.15) is 46.1 Å². The number of halogens is 3. The Balaban J connectivity index is 0.000000687. The normalized spacial score (nSPS) is 13.8. The molecule has 41 heavy (non-hydrogen) atoms. The second-order valence-electron chi connectivity index (χ2n) is 8.11. The Morgan fingerprint density at radius 3 is 2.41 bits per heavy atom. The highest BCUT2D eigenvalue weighted by atomic mass is 35.5. The van der Waals surface area contributed by atoms with Crippen LogP contribution in [0.2, 0.25) is 0 Å². The van der Waals surface area contributed by atoms with E-state index in [0.29, 0.717) is 24.5 Å². The van der Waals surface area contributed by atoms with Gasteiger partial charge in [-0.05, 0) is 48.3 Å². The molecule has 2 aliphatic rings.